The number of furan rings is 1. The van der Waals surface area contributed by atoms with Gasteiger partial charge in [-0.2, -0.15) is 0 Å². The minimum absolute atomic E-state index is 0.0553. The average molecular weight is 357 g/mol. The van der Waals surface area contributed by atoms with Crippen LogP contribution < -0.4 is 14.8 Å². The summed E-state index contributed by atoms with van der Waals surface area (Å²) in [5.74, 6) is 1.91. The molecule has 2 heterocycles. The normalized spacial score (nSPS) is 20.4. The number of anilines is 1. The molecule has 1 aromatic carbocycles. The largest absolute Gasteiger partial charge is 0.486 e. The van der Waals surface area contributed by atoms with Crippen LogP contribution in [-0.2, 0) is 6.42 Å². The van der Waals surface area contributed by atoms with Gasteiger partial charge in [-0.05, 0) is 30.9 Å². The molecule has 0 fully saturated rings. The molecule has 0 saturated carbocycles. The Hall–Kier alpha value is -2.47. The number of benzene rings is 1. The van der Waals surface area contributed by atoms with E-state index in [1.54, 1.807) is 18.2 Å². The number of nitrogens with one attached hydrogen (secondary N) is 1. The zero-order valence-electron chi connectivity index (χ0n) is 15.2. The first-order valence-corrected chi connectivity index (χ1v) is 8.85. The molecule has 2 aromatic rings. The fourth-order valence-corrected chi connectivity index (χ4v) is 3.81. The summed E-state index contributed by atoms with van der Waals surface area (Å²) in [5, 5.41) is 13.3. The van der Waals surface area contributed by atoms with Crippen LogP contribution in [0.3, 0.4) is 0 Å². The van der Waals surface area contributed by atoms with E-state index in [1.165, 1.54) is 0 Å². The predicted octanol–water partition coefficient (Wildman–Crippen LogP) is 3.62. The second kappa shape index (κ2) is 6.06. The number of hydrogen-bond donors (Lipinski definition) is 2. The quantitative estimate of drug-likeness (QED) is 0.858. The van der Waals surface area contributed by atoms with Crippen LogP contribution in [0.1, 0.15) is 53.8 Å². The maximum Gasteiger partial charge on any atom is 0.291 e. The van der Waals surface area contributed by atoms with Crippen LogP contribution in [0.2, 0.25) is 0 Å². The van der Waals surface area contributed by atoms with Gasteiger partial charge >= 0.3 is 0 Å². The van der Waals surface area contributed by atoms with E-state index in [0.29, 0.717) is 54.6 Å². The highest BCUT2D eigenvalue weighted by Crippen LogP contribution is 2.44. The molecule has 6 nitrogen and oxygen atoms in total. The first kappa shape index (κ1) is 17.0. The van der Waals surface area contributed by atoms with Crippen LogP contribution in [0.25, 0.3) is 0 Å². The number of fused-ring (bicyclic) bond motifs is 2. The first-order chi connectivity index (χ1) is 12.3. The lowest BCUT2D eigenvalue weighted by atomic mass is 9.75. The van der Waals surface area contributed by atoms with Crippen molar-refractivity contribution in [2.45, 2.75) is 39.7 Å². The molecule has 2 N–H and O–H groups in total. The highest BCUT2D eigenvalue weighted by molar-refractivity contribution is 6.03. The minimum atomic E-state index is -0.603. The molecular formula is C20H23NO5. The summed E-state index contributed by atoms with van der Waals surface area (Å²) >= 11 is 0. The molecule has 6 heteroatoms. The Morgan fingerprint density at radius 1 is 1.23 bits per heavy atom. The van der Waals surface area contributed by atoms with E-state index >= 15 is 0 Å². The molecule has 1 atom stereocenters. The maximum atomic E-state index is 12.7. The Labute approximate surface area is 152 Å². The molecule has 0 bridgehead atoms. The van der Waals surface area contributed by atoms with Crippen molar-refractivity contribution in [1.82, 2.24) is 0 Å². The van der Waals surface area contributed by atoms with E-state index in [4.69, 9.17) is 13.9 Å². The second-order valence-electron chi connectivity index (χ2n) is 7.77. The van der Waals surface area contributed by atoms with Gasteiger partial charge < -0.3 is 24.3 Å². The van der Waals surface area contributed by atoms with Crippen LogP contribution >= 0.6 is 0 Å². The Kier molecular flexibility index (Phi) is 3.95. The van der Waals surface area contributed by atoms with E-state index in [1.807, 2.05) is 6.92 Å². The highest BCUT2D eigenvalue weighted by atomic mass is 16.6. The number of amides is 1. The average Bonchev–Trinajstić information content (AvgIpc) is 2.90. The summed E-state index contributed by atoms with van der Waals surface area (Å²) in [6, 6.07) is 5.28. The van der Waals surface area contributed by atoms with E-state index in [0.717, 1.165) is 5.56 Å². The van der Waals surface area contributed by atoms with Crippen LogP contribution in [0.15, 0.2) is 22.6 Å². The summed E-state index contributed by atoms with van der Waals surface area (Å²) in [7, 11) is 0. The third-order valence-corrected chi connectivity index (χ3v) is 4.99. The van der Waals surface area contributed by atoms with Crippen molar-refractivity contribution in [1.29, 1.82) is 0 Å². The molecule has 0 unspecified atom stereocenters. The molecule has 0 saturated heterocycles. The Morgan fingerprint density at radius 3 is 2.73 bits per heavy atom. The fourth-order valence-electron chi connectivity index (χ4n) is 3.81. The zero-order valence-corrected chi connectivity index (χ0v) is 15.2. The lowest BCUT2D eigenvalue weighted by Gasteiger charge is -2.31. The number of carbonyl (C=O) groups is 1. The molecule has 26 heavy (non-hydrogen) atoms. The van der Waals surface area contributed by atoms with E-state index in [2.05, 4.69) is 19.2 Å². The van der Waals surface area contributed by atoms with Gasteiger partial charge in [0.05, 0.1) is 6.10 Å². The molecular weight excluding hydrogens is 334 g/mol. The minimum Gasteiger partial charge on any atom is -0.486 e. The number of rotatable bonds is 2. The molecule has 4 rings (SSSR count). The molecule has 0 radical (unpaired) electrons. The molecule has 2 aliphatic rings. The van der Waals surface area contributed by atoms with Gasteiger partial charge in [-0.15, -0.1) is 0 Å². The third-order valence-electron chi connectivity index (χ3n) is 4.99. The van der Waals surface area contributed by atoms with Gasteiger partial charge in [0.1, 0.15) is 19.0 Å². The Morgan fingerprint density at radius 2 is 1.96 bits per heavy atom. The summed E-state index contributed by atoms with van der Waals surface area (Å²) < 4.78 is 16.9. The summed E-state index contributed by atoms with van der Waals surface area (Å²) in [5.41, 5.74) is 2.02. The van der Waals surface area contributed by atoms with E-state index < -0.39 is 6.10 Å². The molecule has 1 aliphatic heterocycles. The van der Waals surface area contributed by atoms with Gasteiger partial charge in [-0.25, -0.2) is 0 Å². The SMILES string of the molecule is Cc1c(C(=O)Nc2ccc3c(c2)OCCO3)oc2c1[C@@H](O)CC(C)(C)C2. The van der Waals surface area contributed by atoms with Gasteiger partial charge in [-0.3, -0.25) is 4.79 Å². The van der Waals surface area contributed by atoms with Gasteiger partial charge in [0.15, 0.2) is 17.3 Å². The van der Waals surface area contributed by atoms with Gasteiger partial charge in [-0.1, -0.05) is 13.8 Å². The van der Waals surface area contributed by atoms with Crippen molar-refractivity contribution in [2.75, 3.05) is 18.5 Å². The zero-order chi connectivity index (χ0) is 18.5. The van der Waals surface area contributed by atoms with Crippen molar-refractivity contribution in [3.8, 4) is 11.5 Å². The molecule has 1 aromatic heterocycles. The topological polar surface area (TPSA) is 80.9 Å². The van der Waals surface area contributed by atoms with Gasteiger partial charge in [0.25, 0.3) is 5.91 Å². The van der Waals surface area contributed by atoms with Crippen molar-refractivity contribution in [3.05, 3.63) is 40.8 Å². The maximum absolute atomic E-state index is 12.7. The molecule has 0 spiro atoms. The van der Waals surface area contributed by atoms with Crippen molar-refractivity contribution >= 4 is 11.6 Å². The fraction of sp³-hybridized carbons (Fsp3) is 0.450. The van der Waals surface area contributed by atoms with Gasteiger partial charge in [0.2, 0.25) is 0 Å². The molecule has 138 valence electrons. The lowest BCUT2D eigenvalue weighted by Crippen LogP contribution is -2.24. The lowest BCUT2D eigenvalue weighted by molar-refractivity contribution is 0.0910. The van der Waals surface area contributed by atoms with E-state index in [-0.39, 0.29) is 17.1 Å². The van der Waals surface area contributed by atoms with Gasteiger partial charge in [0, 0.05) is 29.3 Å². The smallest absolute Gasteiger partial charge is 0.291 e. The molecule has 1 aliphatic carbocycles. The van der Waals surface area contributed by atoms with Crippen molar-refractivity contribution < 1.29 is 23.8 Å². The van der Waals surface area contributed by atoms with Crippen molar-refractivity contribution in [3.63, 3.8) is 0 Å². The van der Waals surface area contributed by atoms with Crippen LogP contribution in [0.5, 0.6) is 11.5 Å². The van der Waals surface area contributed by atoms with Crippen LogP contribution in [0, 0.1) is 12.3 Å². The highest BCUT2D eigenvalue weighted by Gasteiger charge is 2.37. The predicted molar refractivity (Wildman–Crippen MR) is 95.9 cm³/mol. The van der Waals surface area contributed by atoms with Crippen LogP contribution in [-0.4, -0.2) is 24.2 Å². The Bertz CT molecular complexity index is 867. The van der Waals surface area contributed by atoms with Crippen LogP contribution in [0.4, 0.5) is 5.69 Å². The first-order valence-electron chi connectivity index (χ1n) is 8.85. The number of hydrogen-bond acceptors (Lipinski definition) is 5. The number of carbonyl (C=O) groups excluding carboxylic acids is 1. The summed E-state index contributed by atoms with van der Waals surface area (Å²) in [4.78, 5) is 12.7. The summed E-state index contributed by atoms with van der Waals surface area (Å²) in [6.45, 7) is 7.01. The molecule has 1 amide bonds. The summed E-state index contributed by atoms with van der Waals surface area (Å²) in [6.07, 6.45) is 0.759. The second-order valence-corrected chi connectivity index (χ2v) is 7.77. The monoisotopic (exact) mass is 357 g/mol. The number of aliphatic hydroxyl groups excluding tert-OH is 1. The number of ether oxygens (including phenoxy) is 2. The van der Waals surface area contributed by atoms with Crippen molar-refractivity contribution in [2.24, 2.45) is 5.41 Å². The van der Waals surface area contributed by atoms with E-state index in [9.17, 15) is 9.90 Å². The number of aliphatic hydroxyl groups is 1. The Balaban J connectivity index is 1.60. The third kappa shape index (κ3) is 2.94. The standard InChI is InChI=1S/C20H23NO5/c1-11-17-13(22)9-20(2,3)10-16(17)26-18(11)19(23)21-12-4-5-14-15(8-12)25-7-6-24-14/h4-5,8,13,22H,6-7,9-10H2,1-3H3,(H,21,23)/t13-/m0/s1.